The van der Waals surface area contributed by atoms with Gasteiger partial charge in [-0.1, -0.05) is 11.6 Å². The van der Waals surface area contributed by atoms with Crippen molar-refractivity contribution >= 4 is 29.2 Å². The van der Waals surface area contributed by atoms with Crippen molar-refractivity contribution in [2.24, 2.45) is 0 Å². The summed E-state index contributed by atoms with van der Waals surface area (Å²) in [5, 5.41) is 8.86. The minimum Gasteiger partial charge on any atom is -0.465 e. The molecule has 0 saturated carbocycles. The number of aromatic nitrogens is 3. The van der Waals surface area contributed by atoms with Crippen LogP contribution in [0, 0.1) is 0 Å². The second-order valence-corrected chi connectivity index (χ2v) is 3.91. The van der Waals surface area contributed by atoms with Gasteiger partial charge in [0, 0.05) is 5.02 Å². The van der Waals surface area contributed by atoms with Crippen molar-refractivity contribution in [3.8, 4) is 0 Å². The molecule has 0 bridgehead atoms. The molecule has 7 nitrogen and oxygen atoms in total. The van der Waals surface area contributed by atoms with Gasteiger partial charge in [-0.15, -0.1) is 0 Å². The summed E-state index contributed by atoms with van der Waals surface area (Å²) in [6, 6.07) is 4.45. The lowest BCUT2D eigenvalue weighted by Gasteiger charge is -2.08. The summed E-state index contributed by atoms with van der Waals surface area (Å²) in [4.78, 5) is 27.1. The standard InChI is InChI=1S/C11H9ClN4O3/c1-19-11(18)7-4-6(12)2-3-8(7)15-10(17)9-13-5-14-16-9/h2-5H,1H3,(H,15,17)(H,13,14,16). The fourth-order valence-electron chi connectivity index (χ4n) is 1.40. The van der Waals surface area contributed by atoms with Crippen LogP contribution in [0.25, 0.3) is 0 Å². The third kappa shape index (κ3) is 2.89. The van der Waals surface area contributed by atoms with Gasteiger partial charge < -0.3 is 10.1 Å². The molecule has 2 N–H and O–H groups in total. The number of esters is 1. The molecule has 0 radical (unpaired) electrons. The number of nitrogens with zero attached hydrogens (tertiary/aromatic N) is 2. The number of ether oxygens (including phenoxy) is 1. The normalized spacial score (nSPS) is 10.0. The summed E-state index contributed by atoms with van der Waals surface area (Å²) in [5.41, 5.74) is 0.431. The molecule has 0 aliphatic carbocycles. The van der Waals surface area contributed by atoms with Gasteiger partial charge in [0.1, 0.15) is 6.33 Å². The molecule has 0 fully saturated rings. The molecule has 0 atom stereocenters. The van der Waals surface area contributed by atoms with Gasteiger partial charge in [0.05, 0.1) is 18.4 Å². The molecule has 19 heavy (non-hydrogen) atoms. The topological polar surface area (TPSA) is 97.0 Å². The lowest BCUT2D eigenvalue weighted by Crippen LogP contribution is -2.16. The molecule has 1 amide bonds. The van der Waals surface area contributed by atoms with Gasteiger partial charge in [-0.05, 0) is 18.2 Å². The van der Waals surface area contributed by atoms with Gasteiger partial charge in [-0.25, -0.2) is 9.78 Å². The van der Waals surface area contributed by atoms with Crippen LogP contribution in [0.1, 0.15) is 21.0 Å². The molecule has 0 aliphatic heterocycles. The number of nitrogens with one attached hydrogen (secondary N) is 2. The number of carbonyl (C=O) groups excluding carboxylic acids is 2. The highest BCUT2D eigenvalue weighted by Gasteiger charge is 2.16. The Hall–Kier alpha value is -2.41. The first-order valence-electron chi connectivity index (χ1n) is 5.16. The van der Waals surface area contributed by atoms with Gasteiger partial charge in [0.25, 0.3) is 5.91 Å². The van der Waals surface area contributed by atoms with Crippen molar-refractivity contribution in [3.05, 3.63) is 40.9 Å². The maximum absolute atomic E-state index is 11.8. The quantitative estimate of drug-likeness (QED) is 0.830. The monoisotopic (exact) mass is 280 g/mol. The van der Waals surface area contributed by atoms with E-state index in [1.54, 1.807) is 6.07 Å². The van der Waals surface area contributed by atoms with Crippen molar-refractivity contribution in [2.75, 3.05) is 12.4 Å². The van der Waals surface area contributed by atoms with E-state index in [1.165, 1.54) is 25.6 Å². The Balaban J connectivity index is 2.29. The third-order valence-corrected chi connectivity index (χ3v) is 2.50. The van der Waals surface area contributed by atoms with E-state index in [2.05, 4.69) is 25.2 Å². The minimum atomic E-state index is -0.602. The van der Waals surface area contributed by atoms with Crippen LogP contribution in [-0.4, -0.2) is 34.2 Å². The zero-order valence-electron chi connectivity index (χ0n) is 9.81. The van der Waals surface area contributed by atoms with E-state index >= 15 is 0 Å². The molecular formula is C11H9ClN4O3. The molecule has 0 unspecified atom stereocenters. The molecule has 1 aromatic heterocycles. The zero-order chi connectivity index (χ0) is 13.8. The Bertz CT molecular complexity index is 612. The van der Waals surface area contributed by atoms with Crippen LogP contribution in [0.3, 0.4) is 0 Å². The molecule has 2 rings (SSSR count). The van der Waals surface area contributed by atoms with Crippen LogP contribution in [0.4, 0.5) is 5.69 Å². The maximum Gasteiger partial charge on any atom is 0.340 e. The largest absolute Gasteiger partial charge is 0.465 e. The van der Waals surface area contributed by atoms with E-state index < -0.39 is 11.9 Å². The van der Waals surface area contributed by atoms with Crippen LogP contribution in [0.5, 0.6) is 0 Å². The molecule has 0 spiro atoms. The minimum absolute atomic E-state index is 0.0331. The smallest absolute Gasteiger partial charge is 0.340 e. The highest BCUT2D eigenvalue weighted by atomic mass is 35.5. The van der Waals surface area contributed by atoms with Gasteiger partial charge >= 0.3 is 5.97 Å². The van der Waals surface area contributed by atoms with E-state index in [-0.39, 0.29) is 17.1 Å². The summed E-state index contributed by atoms with van der Waals surface area (Å²) in [6.07, 6.45) is 1.21. The molecule has 98 valence electrons. The predicted octanol–water partition coefficient (Wildman–Crippen LogP) is 1.50. The molecule has 0 saturated heterocycles. The number of benzene rings is 1. The van der Waals surface area contributed by atoms with Gasteiger partial charge in [0.15, 0.2) is 0 Å². The SMILES string of the molecule is COC(=O)c1cc(Cl)ccc1NC(=O)c1ncn[nH]1. The average molecular weight is 281 g/mol. The van der Waals surface area contributed by atoms with Gasteiger partial charge in [-0.2, -0.15) is 5.10 Å². The average Bonchev–Trinajstić information content (AvgIpc) is 2.94. The van der Waals surface area contributed by atoms with Crippen molar-refractivity contribution in [1.29, 1.82) is 0 Å². The number of hydrogen-bond acceptors (Lipinski definition) is 5. The predicted molar refractivity (Wildman–Crippen MR) is 67.1 cm³/mol. The summed E-state index contributed by atoms with van der Waals surface area (Å²) >= 11 is 5.80. The van der Waals surface area contributed by atoms with E-state index in [1.807, 2.05) is 0 Å². The van der Waals surface area contributed by atoms with Crippen molar-refractivity contribution in [1.82, 2.24) is 15.2 Å². The summed E-state index contributed by atoms with van der Waals surface area (Å²) in [5.74, 6) is -1.09. The molecule has 1 aromatic carbocycles. The van der Waals surface area contributed by atoms with Crippen molar-refractivity contribution in [2.45, 2.75) is 0 Å². The second kappa shape index (κ2) is 5.49. The van der Waals surface area contributed by atoms with E-state index in [0.29, 0.717) is 5.02 Å². The number of amides is 1. The summed E-state index contributed by atoms with van der Waals surface area (Å²) < 4.78 is 4.62. The lowest BCUT2D eigenvalue weighted by atomic mass is 10.1. The third-order valence-electron chi connectivity index (χ3n) is 2.27. The Morgan fingerprint density at radius 1 is 1.42 bits per heavy atom. The number of carbonyl (C=O) groups is 2. The molecule has 0 aliphatic rings. The Labute approximate surface area is 112 Å². The molecular weight excluding hydrogens is 272 g/mol. The molecule has 2 aromatic rings. The summed E-state index contributed by atoms with van der Waals surface area (Å²) in [7, 11) is 1.24. The van der Waals surface area contributed by atoms with Crippen LogP contribution >= 0.6 is 11.6 Å². The lowest BCUT2D eigenvalue weighted by molar-refractivity contribution is 0.0602. The van der Waals surface area contributed by atoms with Gasteiger partial charge in [-0.3, -0.25) is 9.89 Å². The van der Waals surface area contributed by atoms with Crippen molar-refractivity contribution < 1.29 is 14.3 Å². The van der Waals surface area contributed by atoms with Crippen LogP contribution in [-0.2, 0) is 4.74 Å². The Morgan fingerprint density at radius 2 is 2.21 bits per heavy atom. The molecule has 1 heterocycles. The number of aromatic amines is 1. The number of anilines is 1. The highest BCUT2D eigenvalue weighted by molar-refractivity contribution is 6.31. The first-order valence-corrected chi connectivity index (χ1v) is 5.54. The van der Waals surface area contributed by atoms with E-state index in [0.717, 1.165) is 0 Å². The fraction of sp³-hybridized carbons (Fsp3) is 0.0909. The summed E-state index contributed by atoms with van der Waals surface area (Å²) in [6.45, 7) is 0. The van der Waals surface area contributed by atoms with Crippen LogP contribution < -0.4 is 5.32 Å². The second-order valence-electron chi connectivity index (χ2n) is 3.47. The number of rotatable bonds is 3. The van der Waals surface area contributed by atoms with Gasteiger partial charge in [0.2, 0.25) is 5.82 Å². The fourth-order valence-corrected chi connectivity index (χ4v) is 1.57. The maximum atomic E-state index is 11.8. The van der Waals surface area contributed by atoms with Crippen LogP contribution in [0.15, 0.2) is 24.5 Å². The highest BCUT2D eigenvalue weighted by Crippen LogP contribution is 2.21. The Kier molecular flexibility index (Phi) is 3.76. The van der Waals surface area contributed by atoms with E-state index in [4.69, 9.17) is 11.6 Å². The first kappa shape index (κ1) is 13.0. The number of H-pyrrole nitrogens is 1. The Morgan fingerprint density at radius 3 is 2.84 bits per heavy atom. The van der Waals surface area contributed by atoms with Crippen molar-refractivity contribution in [3.63, 3.8) is 0 Å². The number of hydrogen-bond donors (Lipinski definition) is 2. The molecule has 8 heteroatoms. The van der Waals surface area contributed by atoms with E-state index in [9.17, 15) is 9.59 Å². The number of methoxy groups -OCH3 is 1. The van der Waals surface area contributed by atoms with Crippen LogP contribution in [0.2, 0.25) is 5.02 Å². The first-order chi connectivity index (χ1) is 9.11. The zero-order valence-corrected chi connectivity index (χ0v) is 10.6. The number of halogens is 1.